The van der Waals surface area contributed by atoms with Gasteiger partial charge in [0.2, 0.25) is 10.0 Å². The average Bonchev–Trinajstić information content (AvgIpc) is 2.80. The minimum absolute atomic E-state index is 0.00139. The predicted molar refractivity (Wildman–Crippen MR) is 127 cm³/mol. The number of piperidine rings is 1. The van der Waals surface area contributed by atoms with E-state index >= 15 is 0 Å². The van der Waals surface area contributed by atoms with Crippen LogP contribution in [0.3, 0.4) is 0 Å². The molecule has 1 aliphatic heterocycles. The summed E-state index contributed by atoms with van der Waals surface area (Å²) in [7, 11) is -1.91. The van der Waals surface area contributed by atoms with Crippen molar-refractivity contribution >= 4 is 15.9 Å². The second-order valence-corrected chi connectivity index (χ2v) is 10.4. The van der Waals surface area contributed by atoms with Crippen LogP contribution in [0.2, 0.25) is 0 Å². The van der Waals surface area contributed by atoms with Crippen molar-refractivity contribution in [1.82, 2.24) is 9.21 Å². The van der Waals surface area contributed by atoms with Crippen molar-refractivity contribution in [1.29, 1.82) is 0 Å². The fourth-order valence-electron chi connectivity index (χ4n) is 4.37. The van der Waals surface area contributed by atoms with E-state index in [2.05, 4.69) is 0 Å². The molecule has 0 bridgehead atoms. The highest BCUT2D eigenvalue weighted by molar-refractivity contribution is 7.89. The first kappa shape index (κ1) is 24.3. The molecule has 1 aliphatic rings. The fraction of sp³-hybridized carbons (Fsp3) is 0.480. The predicted octanol–water partition coefficient (Wildman–Crippen LogP) is 4.35. The Bertz CT molecular complexity index is 1000. The van der Waals surface area contributed by atoms with E-state index in [9.17, 15) is 13.2 Å². The van der Waals surface area contributed by atoms with Gasteiger partial charge in [0.1, 0.15) is 5.75 Å². The maximum absolute atomic E-state index is 13.2. The van der Waals surface area contributed by atoms with Gasteiger partial charge in [-0.25, -0.2) is 8.42 Å². The summed E-state index contributed by atoms with van der Waals surface area (Å²) in [5.74, 6) is 0.711. The molecule has 2 aromatic carbocycles. The first-order chi connectivity index (χ1) is 15.3. The van der Waals surface area contributed by atoms with Crippen molar-refractivity contribution in [3.8, 4) is 5.75 Å². The average molecular weight is 459 g/mol. The smallest absolute Gasteiger partial charge is 0.254 e. The van der Waals surface area contributed by atoms with Gasteiger partial charge in [-0.15, -0.1) is 0 Å². The molecule has 174 valence electrons. The Balaban J connectivity index is 1.72. The molecule has 0 aliphatic carbocycles. The van der Waals surface area contributed by atoms with Gasteiger partial charge in [-0.2, -0.15) is 4.31 Å². The summed E-state index contributed by atoms with van der Waals surface area (Å²) in [5.41, 5.74) is 1.63. The van der Waals surface area contributed by atoms with Crippen LogP contribution in [-0.4, -0.2) is 55.8 Å². The summed E-state index contributed by atoms with van der Waals surface area (Å²) < 4.78 is 32.9. The van der Waals surface area contributed by atoms with Crippen LogP contribution in [0.15, 0.2) is 53.4 Å². The number of hydrogen-bond acceptors (Lipinski definition) is 4. The molecule has 0 saturated carbocycles. The van der Waals surface area contributed by atoms with E-state index in [1.165, 1.54) is 0 Å². The van der Waals surface area contributed by atoms with E-state index in [0.717, 1.165) is 37.0 Å². The van der Waals surface area contributed by atoms with Crippen LogP contribution >= 0.6 is 0 Å². The molecular weight excluding hydrogens is 424 g/mol. The number of benzene rings is 2. The summed E-state index contributed by atoms with van der Waals surface area (Å²) in [4.78, 5) is 15.2. The number of hydrogen-bond donors (Lipinski definition) is 0. The molecule has 7 heteroatoms. The number of likely N-dealkylation sites (N-methyl/N-ethyl adjacent to an activating group) is 1. The molecule has 3 rings (SSSR count). The largest absolute Gasteiger partial charge is 0.497 e. The van der Waals surface area contributed by atoms with Crippen molar-refractivity contribution in [2.45, 2.75) is 63.4 Å². The van der Waals surface area contributed by atoms with Gasteiger partial charge < -0.3 is 9.64 Å². The summed E-state index contributed by atoms with van der Waals surface area (Å²) in [5, 5.41) is 0. The molecule has 1 amide bonds. The number of carbonyl (C=O) groups excluding carboxylic acids is 1. The number of carbonyl (C=O) groups is 1. The molecular formula is C25H34N2O4S. The van der Waals surface area contributed by atoms with Crippen molar-refractivity contribution in [2.24, 2.45) is 0 Å². The van der Waals surface area contributed by atoms with Crippen LogP contribution in [0, 0.1) is 0 Å². The van der Waals surface area contributed by atoms with E-state index in [0.29, 0.717) is 18.7 Å². The monoisotopic (exact) mass is 458 g/mol. The molecule has 6 nitrogen and oxygen atoms in total. The van der Waals surface area contributed by atoms with Crippen LogP contribution in [0.4, 0.5) is 0 Å². The molecule has 1 fully saturated rings. The molecule has 0 aromatic heterocycles. The number of methoxy groups -OCH3 is 1. The van der Waals surface area contributed by atoms with E-state index in [1.54, 1.807) is 35.7 Å². The van der Waals surface area contributed by atoms with Crippen LogP contribution in [0.25, 0.3) is 0 Å². The van der Waals surface area contributed by atoms with Gasteiger partial charge in [0.15, 0.2) is 0 Å². The van der Waals surface area contributed by atoms with Crippen molar-refractivity contribution < 1.29 is 17.9 Å². The lowest BCUT2D eigenvalue weighted by Crippen LogP contribution is -2.42. The first-order valence-corrected chi connectivity index (χ1v) is 12.8. The van der Waals surface area contributed by atoms with Crippen molar-refractivity contribution in [3.05, 3.63) is 59.7 Å². The summed E-state index contributed by atoms with van der Waals surface area (Å²) in [6.07, 6.45) is 3.55. The third-order valence-corrected chi connectivity index (χ3v) is 8.30. The summed E-state index contributed by atoms with van der Waals surface area (Å²) in [6, 6.07) is 14.2. The van der Waals surface area contributed by atoms with Gasteiger partial charge in [-0.3, -0.25) is 4.79 Å². The maximum atomic E-state index is 13.2. The highest BCUT2D eigenvalue weighted by Crippen LogP contribution is 2.25. The molecule has 2 aromatic rings. The van der Waals surface area contributed by atoms with E-state index in [-0.39, 0.29) is 22.9 Å². The Morgan fingerprint density at radius 1 is 1.12 bits per heavy atom. The number of sulfonamides is 1. The molecule has 2 unspecified atom stereocenters. The molecule has 0 N–H and O–H groups in total. The molecule has 0 radical (unpaired) electrons. The normalized spacial score (nSPS) is 18.2. The van der Waals surface area contributed by atoms with E-state index in [1.807, 2.05) is 49.9 Å². The van der Waals surface area contributed by atoms with E-state index < -0.39 is 10.0 Å². The number of amides is 1. The topological polar surface area (TPSA) is 66.9 Å². The zero-order valence-electron chi connectivity index (χ0n) is 19.5. The van der Waals surface area contributed by atoms with Crippen molar-refractivity contribution in [3.63, 3.8) is 0 Å². The first-order valence-electron chi connectivity index (χ1n) is 11.3. The SMILES string of the molecule is CCN(C(=O)c1ccc(S(=O)(=O)N2CCCCC2C)cc1)C(C)Cc1ccc(OC)cc1. The molecule has 0 spiro atoms. The van der Waals surface area contributed by atoms with Crippen LogP contribution in [-0.2, 0) is 16.4 Å². The van der Waals surface area contributed by atoms with Gasteiger partial charge >= 0.3 is 0 Å². The van der Waals surface area contributed by atoms with Crippen molar-refractivity contribution in [2.75, 3.05) is 20.2 Å². The van der Waals surface area contributed by atoms with Crippen LogP contribution < -0.4 is 4.74 Å². The molecule has 2 atom stereocenters. The molecule has 32 heavy (non-hydrogen) atoms. The van der Waals surface area contributed by atoms with Gasteiger partial charge in [0.05, 0.1) is 12.0 Å². The number of nitrogens with zero attached hydrogens (tertiary/aromatic N) is 2. The lowest BCUT2D eigenvalue weighted by molar-refractivity contribution is 0.0703. The summed E-state index contributed by atoms with van der Waals surface area (Å²) >= 11 is 0. The number of rotatable bonds is 8. The Kier molecular flexibility index (Phi) is 7.96. The van der Waals surface area contributed by atoms with E-state index in [4.69, 9.17) is 4.74 Å². The Hall–Kier alpha value is -2.38. The zero-order valence-corrected chi connectivity index (χ0v) is 20.3. The van der Waals surface area contributed by atoms with Crippen LogP contribution in [0.5, 0.6) is 5.75 Å². The van der Waals surface area contributed by atoms with Gasteiger partial charge in [-0.1, -0.05) is 18.6 Å². The third kappa shape index (κ3) is 5.33. The minimum atomic E-state index is -3.54. The fourth-order valence-corrected chi connectivity index (χ4v) is 6.07. The second-order valence-electron chi connectivity index (χ2n) is 8.48. The highest BCUT2D eigenvalue weighted by atomic mass is 32.2. The lowest BCUT2D eigenvalue weighted by Gasteiger charge is -2.32. The maximum Gasteiger partial charge on any atom is 0.254 e. The van der Waals surface area contributed by atoms with Gasteiger partial charge in [0, 0.05) is 30.7 Å². The second kappa shape index (κ2) is 10.5. The van der Waals surface area contributed by atoms with Gasteiger partial charge in [-0.05, 0) is 82.0 Å². The Morgan fingerprint density at radius 3 is 2.34 bits per heavy atom. The van der Waals surface area contributed by atoms with Crippen LogP contribution in [0.1, 0.15) is 56.0 Å². The van der Waals surface area contributed by atoms with Gasteiger partial charge in [0.25, 0.3) is 5.91 Å². The Morgan fingerprint density at radius 2 is 1.78 bits per heavy atom. The number of ether oxygens (including phenoxy) is 1. The zero-order chi connectivity index (χ0) is 23.3. The standard InChI is InChI=1S/C25H34N2O4S/c1-5-26(20(3)18-21-9-13-23(31-4)14-10-21)25(28)22-11-15-24(16-12-22)32(29,30)27-17-7-6-8-19(27)2/h9-16,19-20H,5-8,17-18H2,1-4H3. The third-order valence-electron chi connectivity index (χ3n) is 6.27. The minimum Gasteiger partial charge on any atom is -0.497 e. The molecule has 1 saturated heterocycles. The quantitative estimate of drug-likeness (QED) is 0.590. The highest BCUT2D eigenvalue weighted by Gasteiger charge is 2.31. The molecule has 1 heterocycles. The summed E-state index contributed by atoms with van der Waals surface area (Å²) in [6.45, 7) is 7.07. The Labute approximate surface area is 192 Å². The lowest BCUT2D eigenvalue weighted by atomic mass is 10.0.